The summed E-state index contributed by atoms with van der Waals surface area (Å²) in [4.78, 5) is 13.6. The summed E-state index contributed by atoms with van der Waals surface area (Å²) in [6, 6.07) is 14.8. The molecule has 0 aliphatic heterocycles. The minimum absolute atomic E-state index is 0.552. The Morgan fingerprint density at radius 3 is 2.55 bits per heavy atom. The maximum absolute atomic E-state index is 10.1. The van der Waals surface area contributed by atoms with E-state index in [1.54, 1.807) is 31.4 Å². The SMILES string of the molecule is COc1ccccc1CCOc1ccc(N=C=O)cc1. The zero-order valence-electron chi connectivity index (χ0n) is 11.2. The fraction of sp³-hybridized carbons (Fsp3) is 0.188. The molecule has 20 heavy (non-hydrogen) atoms. The molecule has 0 atom stereocenters. The van der Waals surface area contributed by atoms with E-state index < -0.39 is 0 Å². The Bertz CT molecular complexity index is 601. The molecule has 0 unspecified atom stereocenters. The van der Waals surface area contributed by atoms with Gasteiger partial charge in [0.15, 0.2) is 0 Å². The Balaban J connectivity index is 1.91. The van der Waals surface area contributed by atoms with Crippen LogP contribution in [0.15, 0.2) is 53.5 Å². The van der Waals surface area contributed by atoms with Crippen molar-refractivity contribution in [3.63, 3.8) is 0 Å². The van der Waals surface area contributed by atoms with Gasteiger partial charge in [0.25, 0.3) is 0 Å². The fourth-order valence-electron chi connectivity index (χ4n) is 1.86. The summed E-state index contributed by atoms with van der Waals surface area (Å²) in [6.07, 6.45) is 2.26. The number of hydrogen-bond donors (Lipinski definition) is 0. The molecule has 4 nitrogen and oxygen atoms in total. The van der Waals surface area contributed by atoms with Gasteiger partial charge in [-0.3, -0.25) is 0 Å². The van der Waals surface area contributed by atoms with Gasteiger partial charge in [-0.25, -0.2) is 4.79 Å². The Kier molecular flexibility index (Phi) is 4.93. The van der Waals surface area contributed by atoms with Gasteiger partial charge in [0.2, 0.25) is 6.08 Å². The minimum Gasteiger partial charge on any atom is -0.496 e. The van der Waals surface area contributed by atoms with Crippen LogP contribution in [0, 0.1) is 0 Å². The summed E-state index contributed by atoms with van der Waals surface area (Å²) < 4.78 is 10.9. The van der Waals surface area contributed by atoms with E-state index in [9.17, 15) is 4.79 Å². The lowest BCUT2D eigenvalue weighted by molar-refractivity contribution is 0.318. The lowest BCUT2D eigenvalue weighted by Crippen LogP contribution is -2.02. The van der Waals surface area contributed by atoms with Crippen LogP contribution in [-0.4, -0.2) is 19.8 Å². The van der Waals surface area contributed by atoms with E-state index in [-0.39, 0.29) is 0 Å². The van der Waals surface area contributed by atoms with Gasteiger partial charge in [-0.1, -0.05) is 18.2 Å². The molecule has 0 N–H and O–H groups in total. The zero-order valence-corrected chi connectivity index (χ0v) is 11.2. The van der Waals surface area contributed by atoms with Crippen LogP contribution >= 0.6 is 0 Å². The van der Waals surface area contributed by atoms with Crippen molar-refractivity contribution in [2.75, 3.05) is 13.7 Å². The van der Waals surface area contributed by atoms with Crippen LogP contribution < -0.4 is 9.47 Å². The quantitative estimate of drug-likeness (QED) is 0.597. The van der Waals surface area contributed by atoms with E-state index in [0.717, 1.165) is 23.5 Å². The number of aliphatic imine (C=N–C) groups is 1. The van der Waals surface area contributed by atoms with E-state index in [4.69, 9.17) is 9.47 Å². The number of rotatable bonds is 6. The van der Waals surface area contributed by atoms with E-state index in [1.807, 2.05) is 24.3 Å². The fourth-order valence-corrected chi connectivity index (χ4v) is 1.86. The van der Waals surface area contributed by atoms with Crippen molar-refractivity contribution in [1.29, 1.82) is 0 Å². The number of para-hydroxylation sites is 1. The summed E-state index contributed by atoms with van der Waals surface area (Å²) in [5.41, 5.74) is 1.68. The highest BCUT2D eigenvalue weighted by Gasteiger charge is 2.02. The molecule has 2 aromatic carbocycles. The third-order valence-corrected chi connectivity index (χ3v) is 2.84. The normalized spacial score (nSPS) is 9.65. The van der Waals surface area contributed by atoms with Crippen LogP contribution in [0.2, 0.25) is 0 Å². The maximum atomic E-state index is 10.1. The summed E-state index contributed by atoms with van der Waals surface area (Å²) in [5, 5.41) is 0. The average molecular weight is 269 g/mol. The van der Waals surface area contributed by atoms with Crippen molar-refractivity contribution in [2.24, 2.45) is 4.99 Å². The van der Waals surface area contributed by atoms with Crippen LogP contribution in [0.25, 0.3) is 0 Å². The van der Waals surface area contributed by atoms with Gasteiger partial charge < -0.3 is 9.47 Å². The lowest BCUT2D eigenvalue weighted by Gasteiger charge is -2.09. The number of methoxy groups -OCH3 is 1. The molecule has 0 saturated carbocycles. The van der Waals surface area contributed by atoms with Gasteiger partial charge in [0, 0.05) is 6.42 Å². The molecular weight excluding hydrogens is 254 g/mol. The predicted octanol–water partition coefficient (Wildman–Crippen LogP) is 3.28. The zero-order chi connectivity index (χ0) is 14.2. The predicted molar refractivity (Wildman–Crippen MR) is 76.4 cm³/mol. The molecule has 0 spiro atoms. The van der Waals surface area contributed by atoms with Gasteiger partial charge in [-0.05, 0) is 35.9 Å². The van der Waals surface area contributed by atoms with Crippen molar-refractivity contribution >= 4 is 11.8 Å². The van der Waals surface area contributed by atoms with Crippen LogP contribution in [0.4, 0.5) is 5.69 Å². The lowest BCUT2D eigenvalue weighted by atomic mass is 10.1. The molecule has 0 amide bonds. The first-order valence-electron chi connectivity index (χ1n) is 6.26. The molecule has 0 bridgehead atoms. The average Bonchev–Trinajstić information content (AvgIpc) is 2.50. The van der Waals surface area contributed by atoms with Crippen molar-refractivity contribution < 1.29 is 14.3 Å². The van der Waals surface area contributed by atoms with Gasteiger partial charge in [0.1, 0.15) is 11.5 Å². The third kappa shape index (κ3) is 3.70. The summed E-state index contributed by atoms with van der Waals surface area (Å²) in [6.45, 7) is 0.552. The van der Waals surface area contributed by atoms with Crippen molar-refractivity contribution in [3.8, 4) is 11.5 Å². The number of nitrogens with zero attached hydrogens (tertiary/aromatic N) is 1. The van der Waals surface area contributed by atoms with Gasteiger partial charge >= 0.3 is 0 Å². The van der Waals surface area contributed by atoms with Crippen molar-refractivity contribution in [1.82, 2.24) is 0 Å². The maximum Gasteiger partial charge on any atom is 0.240 e. The van der Waals surface area contributed by atoms with Gasteiger partial charge in [-0.2, -0.15) is 4.99 Å². The number of benzene rings is 2. The second-order valence-electron chi connectivity index (χ2n) is 4.11. The highest BCUT2D eigenvalue weighted by molar-refractivity contribution is 5.50. The first-order valence-corrected chi connectivity index (χ1v) is 6.26. The molecule has 2 aromatic rings. The molecule has 4 heteroatoms. The van der Waals surface area contributed by atoms with Crippen molar-refractivity contribution in [3.05, 3.63) is 54.1 Å². The first kappa shape index (κ1) is 13.8. The molecule has 102 valence electrons. The topological polar surface area (TPSA) is 47.9 Å². The number of ether oxygens (including phenoxy) is 2. The highest BCUT2D eigenvalue weighted by Crippen LogP contribution is 2.20. The van der Waals surface area contributed by atoms with Crippen LogP contribution in [0.3, 0.4) is 0 Å². The molecule has 0 saturated heterocycles. The van der Waals surface area contributed by atoms with Crippen LogP contribution in [0.5, 0.6) is 11.5 Å². The molecule has 0 aromatic heterocycles. The monoisotopic (exact) mass is 269 g/mol. The Morgan fingerprint density at radius 1 is 1.10 bits per heavy atom. The van der Waals surface area contributed by atoms with E-state index in [1.165, 1.54) is 6.08 Å². The van der Waals surface area contributed by atoms with E-state index in [0.29, 0.717) is 12.3 Å². The molecule has 0 heterocycles. The van der Waals surface area contributed by atoms with Gasteiger partial charge in [-0.15, -0.1) is 0 Å². The largest absolute Gasteiger partial charge is 0.496 e. The Morgan fingerprint density at radius 2 is 1.85 bits per heavy atom. The second-order valence-corrected chi connectivity index (χ2v) is 4.11. The van der Waals surface area contributed by atoms with E-state index in [2.05, 4.69) is 4.99 Å². The number of isocyanates is 1. The number of hydrogen-bond acceptors (Lipinski definition) is 4. The highest BCUT2D eigenvalue weighted by atomic mass is 16.5. The summed E-state index contributed by atoms with van der Waals surface area (Å²) in [7, 11) is 1.66. The van der Waals surface area contributed by atoms with Gasteiger partial charge in [0.05, 0.1) is 19.4 Å². The first-order chi connectivity index (χ1) is 9.83. The molecule has 0 aliphatic rings. The van der Waals surface area contributed by atoms with Crippen molar-refractivity contribution in [2.45, 2.75) is 6.42 Å². The van der Waals surface area contributed by atoms with Crippen LogP contribution in [0.1, 0.15) is 5.56 Å². The standard InChI is InChI=1S/C16H15NO3/c1-19-16-5-3-2-4-13(16)10-11-20-15-8-6-14(7-9-15)17-12-18/h2-9H,10-11H2,1H3. The Labute approximate surface area is 117 Å². The molecule has 2 rings (SSSR count). The minimum atomic E-state index is 0.552. The molecule has 0 fully saturated rings. The van der Waals surface area contributed by atoms with Crippen LogP contribution in [-0.2, 0) is 11.2 Å². The molecular formula is C16H15NO3. The smallest absolute Gasteiger partial charge is 0.240 e. The summed E-state index contributed by atoms with van der Waals surface area (Å²) >= 11 is 0. The molecule has 0 radical (unpaired) electrons. The number of carbonyl (C=O) groups excluding carboxylic acids is 1. The molecule has 0 aliphatic carbocycles. The second kappa shape index (κ2) is 7.12. The third-order valence-electron chi connectivity index (χ3n) is 2.84. The summed E-state index contributed by atoms with van der Waals surface area (Å²) in [5.74, 6) is 1.61. The van der Waals surface area contributed by atoms with E-state index >= 15 is 0 Å². The Hall–Kier alpha value is -2.58.